The Bertz CT molecular complexity index is 1530. The Morgan fingerprint density at radius 2 is 0.481 bits per heavy atom. The van der Waals surface area contributed by atoms with Crippen LogP contribution in [0.5, 0.6) is 0 Å². The van der Waals surface area contributed by atoms with Gasteiger partial charge in [0.15, 0.2) is 6.10 Å². The van der Waals surface area contributed by atoms with E-state index in [0.717, 1.165) is 96.3 Å². The van der Waals surface area contributed by atoms with Crippen molar-refractivity contribution < 1.29 is 28.6 Å². The Morgan fingerprint density at radius 1 is 0.259 bits per heavy atom. The van der Waals surface area contributed by atoms with Crippen molar-refractivity contribution >= 4 is 17.9 Å². The number of carbonyl (C=O) groups excluding carboxylic acids is 3. The first-order chi connectivity index (χ1) is 40.0. The van der Waals surface area contributed by atoms with Gasteiger partial charge in [0.25, 0.3) is 0 Å². The van der Waals surface area contributed by atoms with Gasteiger partial charge < -0.3 is 14.2 Å². The molecule has 0 aliphatic carbocycles. The van der Waals surface area contributed by atoms with Gasteiger partial charge in [-0.1, -0.05) is 324 Å². The first-order valence-electron chi connectivity index (χ1n) is 35.1. The zero-order chi connectivity index (χ0) is 58.5. The first kappa shape index (κ1) is 77.6. The maximum atomic E-state index is 12.9. The maximum Gasteiger partial charge on any atom is 0.306 e. The lowest BCUT2D eigenvalue weighted by Gasteiger charge is -2.18. The highest BCUT2D eigenvalue weighted by Gasteiger charge is 2.19. The van der Waals surface area contributed by atoms with Crippen molar-refractivity contribution in [2.75, 3.05) is 13.2 Å². The molecule has 1 unspecified atom stereocenters. The second-order valence-electron chi connectivity index (χ2n) is 23.4. The summed E-state index contributed by atoms with van der Waals surface area (Å²) in [5.41, 5.74) is 0. The monoisotopic (exact) mass is 1130 g/mol. The number of carbonyl (C=O) groups is 3. The fourth-order valence-corrected chi connectivity index (χ4v) is 10.2. The summed E-state index contributed by atoms with van der Waals surface area (Å²) in [6, 6.07) is 0. The van der Waals surface area contributed by atoms with Crippen molar-refractivity contribution in [1.29, 1.82) is 0 Å². The van der Waals surface area contributed by atoms with Crippen molar-refractivity contribution in [1.82, 2.24) is 0 Å². The molecule has 0 aromatic heterocycles. The fraction of sp³-hybridized carbons (Fsp3) is 0.773. The van der Waals surface area contributed by atoms with Crippen LogP contribution in [-0.2, 0) is 28.6 Å². The number of allylic oxidation sites excluding steroid dienone is 14. The van der Waals surface area contributed by atoms with Crippen LogP contribution in [0.1, 0.15) is 355 Å². The SMILES string of the molecule is CC/C=C\C/C=C\C/C=C\C/C=C\C/C=C\CCCCCCCCCCCCCC(=O)OCC(COC(=O)CCCCCCCCCCCCC)OC(=O)CCCCCCCCCCCCCCC/C=C\C/C=C\CCCCCCC. The Kier molecular flexibility index (Phi) is 66.2. The molecule has 0 saturated heterocycles. The molecule has 0 heterocycles. The maximum absolute atomic E-state index is 12.9. The van der Waals surface area contributed by atoms with Gasteiger partial charge >= 0.3 is 17.9 Å². The minimum absolute atomic E-state index is 0.0732. The summed E-state index contributed by atoms with van der Waals surface area (Å²) >= 11 is 0. The van der Waals surface area contributed by atoms with Crippen LogP contribution in [0.4, 0.5) is 0 Å². The van der Waals surface area contributed by atoms with Crippen LogP contribution in [0, 0.1) is 0 Å². The zero-order valence-corrected chi connectivity index (χ0v) is 53.8. The van der Waals surface area contributed by atoms with E-state index in [0.29, 0.717) is 19.3 Å². The highest BCUT2D eigenvalue weighted by molar-refractivity contribution is 5.71. The highest BCUT2D eigenvalue weighted by Crippen LogP contribution is 2.17. The average molecular weight is 1130 g/mol. The van der Waals surface area contributed by atoms with Crippen LogP contribution in [-0.4, -0.2) is 37.2 Å². The highest BCUT2D eigenvalue weighted by atomic mass is 16.6. The van der Waals surface area contributed by atoms with Gasteiger partial charge in [-0.2, -0.15) is 0 Å². The minimum Gasteiger partial charge on any atom is -0.462 e. The number of hydrogen-bond donors (Lipinski definition) is 0. The van der Waals surface area contributed by atoms with Crippen LogP contribution < -0.4 is 0 Å². The summed E-state index contributed by atoms with van der Waals surface area (Å²) < 4.78 is 17.0. The van der Waals surface area contributed by atoms with Crippen LogP contribution in [0.25, 0.3) is 0 Å². The van der Waals surface area contributed by atoms with E-state index in [-0.39, 0.29) is 31.1 Å². The molecular formula is C75H132O6. The molecule has 6 nitrogen and oxygen atoms in total. The van der Waals surface area contributed by atoms with Crippen LogP contribution >= 0.6 is 0 Å². The molecule has 1 atom stereocenters. The number of esters is 3. The van der Waals surface area contributed by atoms with Crippen LogP contribution in [0.3, 0.4) is 0 Å². The van der Waals surface area contributed by atoms with Gasteiger partial charge in [0.05, 0.1) is 0 Å². The Balaban J connectivity index is 4.23. The topological polar surface area (TPSA) is 78.9 Å². The van der Waals surface area contributed by atoms with E-state index in [4.69, 9.17) is 14.2 Å². The predicted molar refractivity (Wildman–Crippen MR) is 353 cm³/mol. The summed E-state index contributed by atoms with van der Waals surface area (Å²) in [6.45, 7) is 6.55. The molecule has 81 heavy (non-hydrogen) atoms. The number of hydrogen-bond acceptors (Lipinski definition) is 6. The van der Waals surface area contributed by atoms with Crippen molar-refractivity contribution in [2.24, 2.45) is 0 Å². The van der Waals surface area contributed by atoms with E-state index < -0.39 is 6.10 Å². The van der Waals surface area contributed by atoms with Crippen molar-refractivity contribution in [2.45, 2.75) is 361 Å². The summed E-state index contributed by atoms with van der Waals surface area (Å²) in [7, 11) is 0. The Hall–Kier alpha value is -3.41. The minimum atomic E-state index is -0.777. The summed E-state index contributed by atoms with van der Waals surface area (Å²) in [6.07, 6.45) is 91.8. The van der Waals surface area contributed by atoms with Crippen molar-refractivity contribution in [3.05, 3.63) is 85.1 Å². The molecule has 0 radical (unpaired) electrons. The molecule has 0 aliphatic heterocycles. The average Bonchev–Trinajstić information content (AvgIpc) is 3.47. The number of rotatable bonds is 64. The molecule has 0 aromatic carbocycles. The molecular weight excluding hydrogens is 997 g/mol. The molecule has 0 aromatic rings. The third-order valence-corrected chi connectivity index (χ3v) is 15.4. The second kappa shape index (κ2) is 69.1. The molecule has 0 amide bonds. The quantitative estimate of drug-likeness (QED) is 0.0261. The fourth-order valence-electron chi connectivity index (χ4n) is 10.2. The number of ether oxygens (including phenoxy) is 3. The standard InChI is InChI=1S/C75H132O6/c1-4-7-10-13-16-19-22-24-26-28-30-32-34-36-37-39-40-42-44-46-48-50-53-56-59-62-65-68-74(77)80-71-72(70-79-73(76)67-64-61-58-55-52-21-18-15-12-9-6-3)81-75(78)69-66-63-60-57-54-51-49-47-45-43-41-38-35-33-31-29-27-25-23-20-17-14-11-8-5-2/h7,10,16,19,23-26,29-32,36-37,72H,4-6,8-9,11-15,17-18,20-22,27-28,33-35,38-71H2,1-3H3/b10-7-,19-16-,25-23-,26-24-,31-29-,32-30-,37-36-. The third-order valence-electron chi connectivity index (χ3n) is 15.4. The van der Waals surface area contributed by atoms with E-state index in [1.807, 2.05) is 0 Å². The molecule has 0 saturated carbocycles. The molecule has 468 valence electrons. The van der Waals surface area contributed by atoms with Gasteiger partial charge in [-0.05, 0) is 96.3 Å². The predicted octanol–water partition coefficient (Wildman–Crippen LogP) is 24.2. The molecule has 0 spiro atoms. The summed E-state index contributed by atoms with van der Waals surface area (Å²) in [5, 5.41) is 0. The lowest BCUT2D eigenvalue weighted by atomic mass is 10.0. The normalized spacial score (nSPS) is 12.6. The van der Waals surface area contributed by atoms with Gasteiger partial charge in [-0.3, -0.25) is 14.4 Å². The largest absolute Gasteiger partial charge is 0.462 e. The summed E-state index contributed by atoms with van der Waals surface area (Å²) in [5.74, 6) is -0.860. The van der Waals surface area contributed by atoms with Gasteiger partial charge in [0.2, 0.25) is 0 Å². The second-order valence-corrected chi connectivity index (χ2v) is 23.4. The van der Waals surface area contributed by atoms with Gasteiger partial charge in [0, 0.05) is 19.3 Å². The van der Waals surface area contributed by atoms with E-state index >= 15 is 0 Å². The lowest BCUT2D eigenvalue weighted by molar-refractivity contribution is -0.167. The molecule has 0 rings (SSSR count). The van der Waals surface area contributed by atoms with Gasteiger partial charge in [-0.25, -0.2) is 0 Å². The lowest BCUT2D eigenvalue weighted by Crippen LogP contribution is -2.30. The number of unbranched alkanes of at least 4 members (excludes halogenated alkanes) is 39. The van der Waals surface area contributed by atoms with Gasteiger partial charge in [0.1, 0.15) is 13.2 Å². The van der Waals surface area contributed by atoms with Crippen LogP contribution in [0.2, 0.25) is 0 Å². The molecule has 0 fully saturated rings. The van der Waals surface area contributed by atoms with Gasteiger partial charge in [-0.15, -0.1) is 0 Å². The zero-order valence-electron chi connectivity index (χ0n) is 53.8. The van der Waals surface area contributed by atoms with E-state index in [9.17, 15) is 14.4 Å². The molecule has 6 heteroatoms. The van der Waals surface area contributed by atoms with E-state index in [2.05, 4.69) is 106 Å². The first-order valence-corrected chi connectivity index (χ1v) is 35.1. The third kappa shape index (κ3) is 67.3. The Morgan fingerprint density at radius 3 is 0.753 bits per heavy atom. The van der Waals surface area contributed by atoms with E-state index in [1.54, 1.807) is 0 Å². The summed E-state index contributed by atoms with van der Waals surface area (Å²) in [4.78, 5) is 38.4. The van der Waals surface area contributed by atoms with Crippen molar-refractivity contribution in [3.8, 4) is 0 Å². The van der Waals surface area contributed by atoms with E-state index in [1.165, 1.54) is 218 Å². The molecule has 0 aliphatic rings. The van der Waals surface area contributed by atoms with Crippen molar-refractivity contribution in [3.63, 3.8) is 0 Å². The molecule has 0 bridgehead atoms. The molecule has 0 N–H and O–H groups in total. The smallest absolute Gasteiger partial charge is 0.306 e. The van der Waals surface area contributed by atoms with Crippen LogP contribution in [0.15, 0.2) is 85.1 Å². The Labute approximate surface area is 503 Å².